The molecule has 0 bridgehead atoms. The van der Waals surface area contributed by atoms with Gasteiger partial charge in [0, 0.05) is 23.3 Å². The molecule has 6 rings (SSSR count). The van der Waals surface area contributed by atoms with Crippen LogP contribution in [0.5, 0.6) is 11.5 Å². The van der Waals surface area contributed by atoms with E-state index in [9.17, 15) is 40.0 Å². The number of amides is 4. The van der Waals surface area contributed by atoms with Crippen molar-refractivity contribution in [1.29, 1.82) is 0 Å². The summed E-state index contributed by atoms with van der Waals surface area (Å²) in [5.74, 6) is -1.55. The molecule has 0 unspecified atom stereocenters. The first-order valence-corrected chi connectivity index (χ1v) is 15.6. The molecular weight excluding hydrogens is 668 g/mol. The lowest BCUT2D eigenvalue weighted by molar-refractivity contribution is -0.385. The summed E-state index contributed by atoms with van der Waals surface area (Å²) in [7, 11) is 0. The Kier molecular flexibility index (Phi) is 9.71. The number of hydrazine groups is 1. The smallest absolute Gasteiger partial charge is 0.346 e. The molecule has 14 nitrogen and oxygen atoms in total. The second kappa shape index (κ2) is 14.8. The molecule has 0 spiro atoms. The predicted molar refractivity (Wildman–Crippen MR) is 196 cm³/mol. The molecule has 6 aromatic carbocycles. The lowest BCUT2D eigenvalue weighted by atomic mass is 10.0. The van der Waals surface area contributed by atoms with Crippen molar-refractivity contribution in [1.82, 2.24) is 0 Å². The molecule has 0 aromatic heterocycles. The topological polar surface area (TPSA) is 191 Å². The van der Waals surface area contributed by atoms with Gasteiger partial charge in [-0.25, -0.2) is 9.59 Å². The highest BCUT2D eigenvalue weighted by molar-refractivity contribution is 6.15. The van der Waals surface area contributed by atoms with E-state index >= 15 is 0 Å². The van der Waals surface area contributed by atoms with Crippen molar-refractivity contribution in [3.05, 3.63) is 166 Å². The Morgan fingerprint density at radius 2 is 0.846 bits per heavy atom. The quantitative estimate of drug-likeness (QED) is 0.0895. The second-order valence-electron chi connectivity index (χ2n) is 11.2. The third-order valence-electron chi connectivity index (χ3n) is 7.89. The fourth-order valence-corrected chi connectivity index (χ4v) is 5.48. The van der Waals surface area contributed by atoms with Crippen LogP contribution in [0, 0.1) is 20.2 Å². The van der Waals surface area contributed by atoms with Gasteiger partial charge in [-0.15, -0.1) is 0 Å². The summed E-state index contributed by atoms with van der Waals surface area (Å²) in [5, 5.41) is 52.3. The van der Waals surface area contributed by atoms with Crippen LogP contribution in [0.4, 0.5) is 43.7 Å². The summed E-state index contributed by atoms with van der Waals surface area (Å²) < 4.78 is 0. The average Bonchev–Trinajstić information content (AvgIpc) is 3.15. The minimum absolute atomic E-state index is 0.285. The number of carbonyl (C=O) groups excluding carboxylic acids is 2. The fourth-order valence-electron chi connectivity index (χ4n) is 5.48. The number of rotatable bonds is 8. The number of para-hydroxylation sites is 2. The Morgan fingerprint density at radius 3 is 1.19 bits per heavy atom. The minimum Gasteiger partial charge on any atom is -0.505 e. The average molecular weight is 697 g/mol. The van der Waals surface area contributed by atoms with Gasteiger partial charge >= 0.3 is 12.1 Å². The molecule has 52 heavy (non-hydrogen) atoms. The normalized spacial score (nSPS) is 10.5. The monoisotopic (exact) mass is 696 g/mol. The first kappa shape index (κ1) is 34.1. The number of aromatic hydroxyl groups is 2. The number of hydrogen-bond donors (Lipinski definition) is 4. The molecule has 0 saturated heterocycles. The van der Waals surface area contributed by atoms with Crippen molar-refractivity contribution < 1.29 is 29.6 Å². The van der Waals surface area contributed by atoms with Gasteiger partial charge in [0.2, 0.25) is 0 Å². The molecule has 0 aliphatic carbocycles. The Labute approximate surface area is 295 Å². The number of hydrogen-bond acceptors (Lipinski definition) is 8. The molecule has 14 heteroatoms. The minimum atomic E-state index is -1.06. The Bertz CT molecular complexity index is 2140. The Hall–Kier alpha value is -7.74. The van der Waals surface area contributed by atoms with Crippen LogP contribution in [-0.2, 0) is 0 Å². The third-order valence-corrected chi connectivity index (χ3v) is 7.89. The molecule has 0 atom stereocenters. The number of nitro benzene ring substituents is 2. The molecule has 0 aliphatic heterocycles. The maximum Gasteiger partial charge on any atom is 0.346 e. The summed E-state index contributed by atoms with van der Waals surface area (Å²) in [4.78, 5) is 50.8. The van der Waals surface area contributed by atoms with Crippen LogP contribution in [-0.4, -0.2) is 32.1 Å². The molecule has 258 valence electrons. The van der Waals surface area contributed by atoms with Gasteiger partial charge in [-0.1, -0.05) is 97.1 Å². The second-order valence-corrected chi connectivity index (χ2v) is 11.2. The van der Waals surface area contributed by atoms with E-state index in [0.29, 0.717) is 21.1 Å². The number of phenolic OH excluding ortho intramolecular Hbond substituents is 2. The summed E-state index contributed by atoms with van der Waals surface area (Å²) in [6, 6.07) is 35.4. The largest absolute Gasteiger partial charge is 0.505 e. The first-order valence-electron chi connectivity index (χ1n) is 15.6. The van der Waals surface area contributed by atoms with Crippen LogP contribution in [0.1, 0.15) is 0 Å². The van der Waals surface area contributed by atoms with Crippen LogP contribution in [0.25, 0.3) is 22.3 Å². The van der Waals surface area contributed by atoms with Gasteiger partial charge in [0.25, 0.3) is 11.4 Å². The number of urea groups is 2. The number of nitrogens with one attached hydrogen (secondary N) is 2. The van der Waals surface area contributed by atoms with E-state index in [0.717, 1.165) is 47.5 Å². The van der Waals surface area contributed by atoms with Gasteiger partial charge in [0.1, 0.15) is 22.9 Å². The number of non-ortho nitro benzene ring substituents is 2. The maximum absolute atomic E-state index is 14.6. The molecular formula is C38H28N6O8. The van der Waals surface area contributed by atoms with E-state index in [-0.39, 0.29) is 11.4 Å². The molecule has 4 N–H and O–H groups in total. The van der Waals surface area contributed by atoms with Gasteiger partial charge in [-0.3, -0.25) is 20.2 Å². The SMILES string of the molecule is O=C(Nc1ccccc1-c1ccccc1)N(c1ccc([N+](=O)[O-])cc1O)N(C(=O)Nc1ccccc1-c1ccccc1)c1ccc([N+](=O)[O-])cc1O. The van der Waals surface area contributed by atoms with Crippen LogP contribution in [0.2, 0.25) is 0 Å². The zero-order valence-electron chi connectivity index (χ0n) is 27.0. The van der Waals surface area contributed by atoms with Crippen LogP contribution >= 0.6 is 0 Å². The molecule has 0 aliphatic rings. The van der Waals surface area contributed by atoms with Crippen LogP contribution in [0.15, 0.2) is 146 Å². The molecule has 0 radical (unpaired) electrons. The van der Waals surface area contributed by atoms with E-state index in [4.69, 9.17) is 0 Å². The van der Waals surface area contributed by atoms with Gasteiger partial charge in [0.05, 0.1) is 33.4 Å². The molecule has 0 fully saturated rings. The zero-order chi connectivity index (χ0) is 36.8. The predicted octanol–water partition coefficient (Wildman–Crippen LogP) is 8.94. The molecule has 0 heterocycles. The van der Waals surface area contributed by atoms with E-state index in [1.54, 1.807) is 48.5 Å². The first-order chi connectivity index (χ1) is 25.1. The van der Waals surface area contributed by atoms with Gasteiger partial charge in [-0.2, -0.15) is 10.0 Å². The van der Waals surface area contributed by atoms with E-state index < -0.39 is 56.2 Å². The summed E-state index contributed by atoms with van der Waals surface area (Å²) >= 11 is 0. The lowest BCUT2D eigenvalue weighted by Crippen LogP contribution is -2.54. The number of phenols is 2. The number of carbonyl (C=O) groups is 2. The van der Waals surface area contributed by atoms with Crippen molar-refractivity contribution in [2.75, 3.05) is 20.7 Å². The van der Waals surface area contributed by atoms with Gasteiger partial charge < -0.3 is 20.8 Å². The van der Waals surface area contributed by atoms with Crippen LogP contribution < -0.4 is 20.7 Å². The third kappa shape index (κ3) is 7.16. The van der Waals surface area contributed by atoms with Crippen LogP contribution in [0.3, 0.4) is 0 Å². The number of benzene rings is 6. The van der Waals surface area contributed by atoms with E-state index in [1.807, 2.05) is 60.7 Å². The van der Waals surface area contributed by atoms with Crippen molar-refractivity contribution in [2.24, 2.45) is 0 Å². The number of nitrogens with zero attached hydrogens (tertiary/aromatic N) is 4. The van der Waals surface area contributed by atoms with Gasteiger partial charge in [-0.05, 0) is 35.4 Å². The number of nitro groups is 2. The van der Waals surface area contributed by atoms with Crippen molar-refractivity contribution in [2.45, 2.75) is 0 Å². The highest BCUT2D eigenvalue weighted by Gasteiger charge is 2.35. The summed E-state index contributed by atoms with van der Waals surface area (Å²) in [6.07, 6.45) is 0. The maximum atomic E-state index is 14.6. The van der Waals surface area contributed by atoms with E-state index in [2.05, 4.69) is 10.6 Å². The Balaban J connectivity index is 1.53. The number of anilines is 4. The standard InChI is InChI=1S/C38H28N6O8/c45-35-23-27(43(49)50)19-21-33(35)41(37(47)39-31-17-9-7-15-29(31)25-11-3-1-4-12-25)42(34-22-20-28(44(51)52)24-36(34)46)38(48)40-32-18-10-8-16-30(32)26-13-5-2-6-14-26/h1-24,45-46H,(H,39,47)(H,40,48). The summed E-state index contributed by atoms with van der Waals surface area (Å²) in [5.41, 5.74) is 1.39. The van der Waals surface area contributed by atoms with Crippen molar-refractivity contribution in [3.8, 4) is 33.8 Å². The highest BCUT2D eigenvalue weighted by Crippen LogP contribution is 2.39. The van der Waals surface area contributed by atoms with Gasteiger partial charge in [0.15, 0.2) is 0 Å². The summed E-state index contributed by atoms with van der Waals surface area (Å²) in [6.45, 7) is 0. The lowest BCUT2D eigenvalue weighted by Gasteiger charge is -2.35. The highest BCUT2D eigenvalue weighted by atomic mass is 16.6. The molecule has 0 saturated carbocycles. The molecule has 6 aromatic rings. The van der Waals surface area contributed by atoms with E-state index in [1.165, 1.54) is 0 Å². The zero-order valence-corrected chi connectivity index (χ0v) is 27.0. The van der Waals surface area contributed by atoms with Crippen molar-refractivity contribution >= 4 is 46.2 Å². The van der Waals surface area contributed by atoms with Crippen molar-refractivity contribution in [3.63, 3.8) is 0 Å². The molecule has 4 amide bonds. The fraction of sp³-hybridized carbons (Fsp3) is 0. The Morgan fingerprint density at radius 1 is 0.500 bits per heavy atom.